The minimum atomic E-state index is -4.65. The molecule has 1 aromatic heterocycles. The normalized spacial score (nSPS) is 15.4. The Bertz CT molecular complexity index is 832. The predicted molar refractivity (Wildman–Crippen MR) is 83.9 cm³/mol. The molecule has 0 bridgehead atoms. The molecule has 1 aliphatic heterocycles. The maximum Gasteiger partial charge on any atom is 0.449 e. The summed E-state index contributed by atoms with van der Waals surface area (Å²) in [6, 6.07) is 5.73. The monoisotopic (exact) mass is 357 g/mol. The number of H-pyrrole nitrogens is 1. The van der Waals surface area contributed by atoms with E-state index in [1.165, 1.54) is 0 Å². The van der Waals surface area contributed by atoms with Crippen LogP contribution in [0, 0.1) is 6.92 Å². The first-order valence-electron chi connectivity index (χ1n) is 7.40. The first kappa shape index (κ1) is 17.0. The Kier molecular flexibility index (Phi) is 4.40. The Morgan fingerprint density at radius 2 is 2.12 bits per heavy atom. The van der Waals surface area contributed by atoms with Gasteiger partial charge in [-0.05, 0) is 24.1 Å². The van der Waals surface area contributed by atoms with Crippen LogP contribution in [0.1, 0.15) is 28.2 Å². The Morgan fingerprint density at radius 1 is 1.38 bits per heavy atom. The lowest BCUT2D eigenvalue weighted by Gasteiger charge is -2.28. The van der Waals surface area contributed by atoms with E-state index in [4.69, 9.17) is 11.6 Å². The number of alkyl halides is 3. The van der Waals surface area contributed by atoms with Crippen LogP contribution in [0.4, 0.5) is 13.2 Å². The van der Waals surface area contributed by atoms with Crippen LogP contribution in [0.25, 0.3) is 0 Å². The zero-order valence-corrected chi connectivity index (χ0v) is 13.6. The number of benzene rings is 1. The van der Waals surface area contributed by atoms with Gasteiger partial charge in [0.2, 0.25) is 5.82 Å². The quantitative estimate of drug-likeness (QED) is 0.897. The van der Waals surface area contributed by atoms with E-state index < -0.39 is 17.6 Å². The fourth-order valence-corrected chi connectivity index (χ4v) is 2.95. The van der Waals surface area contributed by atoms with E-state index in [9.17, 15) is 18.0 Å². The minimum absolute atomic E-state index is 0.226. The number of rotatable bonds is 2. The summed E-state index contributed by atoms with van der Waals surface area (Å²) >= 11 is 6.11. The van der Waals surface area contributed by atoms with E-state index in [1.807, 2.05) is 35.0 Å². The average molecular weight is 358 g/mol. The van der Waals surface area contributed by atoms with E-state index in [0.717, 1.165) is 11.1 Å². The highest BCUT2D eigenvalue weighted by Gasteiger charge is 2.35. The van der Waals surface area contributed by atoms with E-state index >= 15 is 0 Å². The molecule has 0 unspecified atom stereocenters. The zero-order chi connectivity index (χ0) is 17.5. The number of nitrogens with one attached hydrogen (secondary N) is 1. The van der Waals surface area contributed by atoms with Gasteiger partial charge < -0.3 is 4.98 Å². The Labute approximate surface area is 141 Å². The molecule has 1 aromatic carbocycles. The number of aromatic amines is 1. The summed E-state index contributed by atoms with van der Waals surface area (Å²) in [4.78, 5) is 19.4. The number of nitrogens with zero attached hydrogens (tertiary/aromatic N) is 2. The number of halogens is 4. The van der Waals surface area contributed by atoms with Crippen LogP contribution in [0.3, 0.4) is 0 Å². The summed E-state index contributed by atoms with van der Waals surface area (Å²) in [5.41, 5.74) is 1.77. The first-order chi connectivity index (χ1) is 11.2. The number of hydrogen-bond donors (Lipinski definition) is 1. The molecule has 1 aliphatic rings. The number of hydrogen-bond acceptors (Lipinski definition) is 3. The lowest BCUT2D eigenvalue weighted by molar-refractivity contribution is -0.145. The van der Waals surface area contributed by atoms with Crippen molar-refractivity contribution in [3.05, 3.63) is 61.8 Å². The van der Waals surface area contributed by atoms with Crippen molar-refractivity contribution in [3.63, 3.8) is 0 Å². The topological polar surface area (TPSA) is 49.0 Å². The summed E-state index contributed by atoms with van der Waals surface area (Å²) in [6.07, 6.45) is -4.34. The number of fused-ring (bicyclic) bond motifs is 1. The van der Waals surface area contributed by atoms with Crippen LogP contribution in [-0.4, -0.2) is 21.4 Å². The molecule has 0 radical (unpaired) electrons. The molecule has 0 amide bonds. The van der Waals surface area contributed by atoms with Gasteiger partial charge >= 0.3 is 6.18 Å². The molecule has 0 spiro atoms. The molecule has 0 aliphatic carbocycles. The molecule has 8 heteroatoms. The highest BCUT2D eigenvalue weighted by atomic mass is 35.5. The van der Waals surface area contributed by atoms with Crippen molar-refractivity contribution in [2.24, 2.45) is 0 Å². The fraction of sp³-hybridized carbons (Fsp3) is 0.375. The van der Waals surface area contributed by atoms with Gasteiger partial charge in [-0.25, -0.2) is 4.98 Å². The minimum Gasteiger partial charge on any atom is -0.303 e. The largest absolute Gasteiger partial charge is 0.449 e. The van der Waals surface area contributed by atoms with Crippen LogP contribution in [0.2, 0.25) is 5.02 Å². The van der Waals surface area contributed by atoms with Gasteiger partial charge in [-0.15, -0.1) is 0 Å². The third-order valence-corrected chi connectivity index (χ3v) is 4.47. The second-order valence-electron chi connectivity index (χ2n) is 5.88. The summed E-state index contributed by atoms with van der Waals surface area (Å²) in [6.45, 7) is 3.28. The second kappa shape index (κ2) is 6.22. The van der Waals surface area contributed by atoms with Crippen LogP contribution in [0.5, 0.6) is 0 Å². The molecule has 0 saturated heterocycles. The SMILES string of the molecule is Cc1ccc(CN2CCc3nc(C(F)(F)F)[nH]c(=O)c3C2)cc1Cl. The average Bonchev–Trinajstić information content (AvgIpc) is 2.50. The molecule has 2 aromatic rings. The second-order valence-corrected chi connectivity index (χ2v) is 6.29. The van der Waals surface area contributed by atoms with E-state index in [2.05, 4.69) is 4.98 Å². The van der Waals surface area contributed by atoms with Gasteiger partial charge in [0, 0.05) is 31.1 Å². The van der Waals surface area contributed by atoms with Crippen LogP contribution < -0.4 is 5.56 Å². The van der Waals surface area contributed by atoms with Gasteiger partial charge in [0.1, 0.15) is 0 Å². The fourth-order valence-electron chi connectivity index (χ4n) is 2.74. The lowest BCUT2D eigenvalue weighted by atomic mass is 10.1. The molecule has 0 saturated carbocycles. The molecule has 24 heavy (non-hydrogen) atoms. The highest BCUT2D eigenvalue weighted by Crippen LogP contribution is 2.27. The Balaban J connectivity index is 1.82. The number of aromatic nitrogens is 2. The standard InChI is InChI=1S/C16H15ClF3N3O/c1-9-2-3-10(6-12(9)17)7-23-5-4-13-11(8-23)14(24)22-15(21-13)16(18,19)20/h2-3,6H,4-5,7-8H2,1H3,(H,21,22,24). The smallest absolute Gasteiger partial charge is 0.303 e. The molecule has 128 valence electrons. The maximum absolute atomic E-state index is 12.7. The first-order valence-corrected chi connectivity index (χ1v) is 7.78. The van der Waals surface area contributed by atoms with E-state index in [0.29, 0.717) is 30.1 Å². The summed E-state index contributed by atoms with van der Waals surface area (Å²) in [5.74, 6) is -1.23. The van der Waals surface area contributed by atoms with Crippen molar-refractivity contribution in [2.45, 2.75) is 32.6 Å². The summed E-state index contributed by atoms with van der Waals surface area (Å²) in [7, 11) is 0. The third kappa shape index (κ3) is 3.47. The van der Waals surface area contributed by atoms with Crippen LogP contribution >= 0.6 is 11.6 Å². The van der Waals surface area contributed by atoms with Gasteiger partial charge in [-0.1, -0.05) is 23.7 Å². The zero-order valence-electron chi connectivity index (χ0n) is 12.9. The molecule has 2 heterocycles. The van der Waals surface area contributed by atoms with E-state index in [-0.39, 0.29) is 12.2 Å². The molecule has 3 rings (SSSR count). The molecule has 4 nitrogen and oxygen atoms in total. The van der Waals surface area contributed by atoms with Gasteiger partial charge in [-0.2, -0.15) is 13.2 Å². The highest BCUT2D eigenvalue weighted by molar-refractivity contribution is 6.31. The number of aryl methyl sites for hydroxylation is 1. The molecule has 0 atom stereocenters. The van der Waals surface area contributed by atoms with Crippen molar-refractivity contribution >= 4 is 11.6 Å². The van der Waals surface area contributed by atoms with Gasteiger partial charge in [-0.3, -0.25) is 9.69 Å². The van der Waals surface area contributed by atoms with Crippen molar-refractivity contribution in [1.82, 2.24) is 14.9 Å². The molecular formula is C16H15ClF3N3O. The van der Waals surface area contributed by atoms with Gasteiger partial charge in [0.25, 0.3) is 5.56 Å². The third-order valence-electron chi connectivity index (χ3n) is 4.06. The van der Waals surface area contributed by atoms with Gasteiger partial charge in [0.15, 0.2) is 0 Å². The van der Waals surface area contributed by atoms with Crippen molar-refractivity contribution < 1.29 is 13.2 Å². The molecule has 0 fully saturated rings. The van der Waals surface area contributed by atoms with Crippen LogP contribution in [-0.2, 0) is 25.7 Å². The Morgan fingerprint density at radius 3 is 2.79 bits per heavy atom. The predicted octanol–water partition coefficient (Wildman–Crippen LogP) is 3.31. The van der Waals surface area contributed by atoms with E-state index in [1.54, 1.807) is 0 Å². The molecule has 1 N–H and O–H groups in total. The maximum atomic E-state index is 12.7. The summed E-state index contributed by atoms with van der Waals surface area (Å²) in [5, 5.41) is 0.666. The Hall–Kier alpha value is -1.86. The molecular weight excluding hydrogens is 343 g/mol. The van der Waals surface area contributed by atoms with Crippen molar-refractivity contribution in [1.29, 1.82) is 0 Å². The van der Waals surface area contributed by atoms with Gasteiger partial charge in [0.05, 0.1) is 11.3 Å². The lowest BCUT2D eigenvalue weighted by Crippen LogP contribution is -2.36. The van der Waals surface area contributed by atoms with Crippen molar-refractivity contribution in [3.8, 4) is 0 Å². The summed E-state index contributed by atoms with van der Waals surface area (Å²) < 4.78 is 38.2. The van der Waals surface area contributed by atoms with Crippen molar-refractivity contribution in [2.75, 3.05) is 6.54 Å². The van der Waals surface area contributed by atoms with Crippen LogP contribution in [0.15, 0.2) is 23.0 Å².